The van der Waals surface area contributed by atoms with Crippen LogP contribution in [0.5, 0.6) is 0 Å². The summed E-state index contributed by atoms with van der Waals surface area (Å²) in [7, 11) is -1.52. The van der Waals surface area contributed by atoms with Gasteiger partial charge in [-0.1, -0.05) is 115 Å². The molecule has 2 nitrogen and oxygen atoms in total. The number of nitrogens with zero attached hydrogens (tertiary/aromatic N) is 1. The Morgan fingerprint density at radius 1 is 0.618 bits per heavy atom. The molecule has 1 saturated carbocycles. The topological polar surface area (TPSA) is 34.3 Å². The van der Waals surface area contributed by atoms with Crippen LogP contribution < -0.4 is 5.32 Å². The summed E-state index contributed by atoms with van der Waals surface area (Å²) in [5, 5.41) is 16.5. The van der Waals surface area contributed by atoms with Gasteiger partial charge in [-0.2, -0.15) is 0 Å². The van der Waals surface area contributed by atoms with Crippen LogP contribution in [0.4, 0.5) is 0 Å². The zero-order chi connectivity index (χ0) is 24.4. The molecular formula is C30H37FeNOSi+2. The van der Waals surface area contributed by atoms with Crippen LogP contribution in [0, 0.1) is 54.1 Å². The van der Waals surface area contributed by atoms with Crippen molar-refractivity contribution in [2.75, 3.05) is 0 Å². The molecule has 0 bridgehead atoms. The molecule has 2 aliphatic rings. The minimum absolute atomic E-state index is 0. The second-order valence-corrected chi connectivity index (χ2v) is 15.0. The second kappa shape index (κ2) is 11.9. The van der Waals surface area contributed by atoms with Crippen LogP contribution in [-0.4, -0.2) is 13.2 Å². The van der Waals surface area contributed by atoms with Crippen LogP contribution >= 0.6 is 0 Å². The minimum Gasteiger partial charge on any atom is -0.378 e. The molecule has 34 heavy (non-hydrogen) atoms. The molecule has 0 spiro atoms. The zero-order valence-corrected chi connectivity index (χ0v) is 23.8. The van der Waals surface area contributed by atoms with Crippen molar-refractivity contribution in [2.45, 2.75) is 59.9 Å². The van der Waals surface area contributed by atoms with E-state index in [4.69, 9.17) is 5.32 Å². The maximum atomic E-state index is 11.7. The molecule has 1 N–H and O–H groups in total. The van der Waals surface area contributed by atoms with E-state index < -0.39 is 13.7 Å². The fourth-order valence-electron chi connectivity index (χ4n) is 4.21. The number of benzene rings is 2. The van der Waals surface area contributed by atoms with Gasteiger partial charge in [-0.25, -0.2) is 5.32 Å². The van der Waals surface area contributed by atoms with Gasteiger partial charge >= 0.3 is 17.1 Å². The van der Waals surface area contributed by atoms with Gasteiger partial charge in [-0.3, -0.25) is 0 Å². The predicted molar refractivity (Wildman–Crippen MR) is 141 cm³/mol. The van der Waals surface area contributed by atoms with E-state index in [0.717, 1.165) is 16.8 Å². The van der Waals surface area contributed by atoms with Gasteiger partial charge in [0.25, 0.3) is 0 Å². The van der Waals surface area contributed by atoms with Gasteiger partial charge in [0.2, 0.25) is 0 Å². The monoisotopic (exact) mass is 511 g/mol. The van der Waals surface area contributed by atoms with Crippen LogP contribution in [-0.2, 0) is 22.7 Å². The quantitative estimate of drug-likeness (QED) is 0.447. The van der Waals surface area contributed by atoms with Gasteiger partial charge in [-0.15, -0.1) is 0 Å². The first-order valence-corrected chi connectivity index (χ1v) is 15.2. The zero-order valence-electron chi connectivity index (χ0n) is 21.7. The fraction of sp³-hybridized carbons (Fsp3) is 0.300. The molecule has 0 aromatic heterocycles. The van der Waals surface area contributed by atoms with E-state index in [1.165, 1.54) is 29.6 Å². The van der Waals surface area contributed by atoms with Crippen molar-refractivity contribution in [3.05, 3.63) is 126 Å². The van der Waals surface area contributed by atoms with Crippen molar-refractivity contribution >= 4 is 8.07 Å². The minimum atomic E-state index is -1.52. The molecule has 4 rings (SSSR count). The third-order valence-corrected chi connectivity index (χ3v) is 8.79. The van der Waals surface area contributed by atoms with E-state index >= 15 is 0 Å². The Morgan fingerprint density at radius 3 is 1.26 bits per heavy atom. The average molecular weight is 512 g/mol. The molecule has 0 amide bonds. The van der Waals surface area contributed by atoms with E-state index in [2.05, 4.69) is 60.7 Å². The SMILES string of the molecule is C[C]1[C](C)[C](C)[C](C)[C]1C.C[Si](C)(C)[C]1[CH][CH][C](C(O)(c2ccccc2)c2ccccc2)[N]1.[Fe+2]. The standard InChI is InChI=1S/C20H22NOSi.C10H15.Fe/c1-23(2,3)19-15-14-18(21-19)20(22,16-10-6-4-7-11-16)17-12-8-5-9-13-17;1-6-7(2)9(4)10(5)8(6)3;/h4-15,22H,1-3H3;1-5H3;/q;;+2. The van der Waals surface area contributed by atoms with Gasteiger partial charge in [-0.05, 0) is 53.6 Å². The van der Waals surface area contributed by atoms with E-state index in [1.54, 1.807) is 0 Å². The fourth-order valence-corrected chi connectivity index (χ4v) is 5.25. The molecule has 178 valence electrons. The third kappa shape index (κ3) is 6.07. The van der Waals surface area contributed by atoms with Gasteiger partial charge in [0.15, 0.2) is 0 Å². The maximum absolute atomic E-state index is 11.7. The Hall–Kier alpha value is -0.904. The first kappa shape index (κ1) is 29.3. The first-order valence-electron chi connectivity index (χ1n) is 11.7. The van der Waals surface area contributed by atoms with Gasteiger partial charge in [0, 0.05) is 5.67 Å². The van der Waals surface area contributed by atoms with Crippen LogP contribution in [0.15, 0.2) is 60.7 Å². The molecular weight excluding hydrogens is 474 g/mol. The summed E-state index contributed by atoms with van der Waals surface area (Å²) >= 11 is 0. The Bertz CT molecular complexity index is 784. The average Bonchev–Trinajstić information content (AvgIpc) is 3.39. The van der Waals surface area contributed by atoms with E-state index in [0.29, 0.717) is 6.04 Å². The second-order valence-electron chi connectivity index (χ2n) is 10.0. The van der Waals surface area contributed by atoms with Crippen LogP contribution in [0.2, 0.25) is 19.6 Å². The summed E-state index contributed by atoms with van der Waals surface area (Å²) in [5.74, 6) is 7.34. The summed E-state index contributed by atoms with van der Waals surface area (Å²) in [6, 6.07) is 20.2. The molecule has 1 aliphatic heterocycles. The Kier molecular flexibility index (Phi) is 10.3. The van der Waals surface area contributed by atoms with E-state index in [9.17, 15) is 5.11 Å². The van der Waals surface area contributed by atoms with E-state index in [1.807, 2.05) is 67.1 Å². The number of aliphatic hydroxyl groups is 1. The first-order chi connectivity index (χ1) is 15.5. The van der Waals surface area contributed by atoms with Crippen molar-refractivity contribution in [1.82, 2.24) is 5.32 Å². The molecule has 2 fully saturated rings. The molecule has 2 aromatic carbocycles. The Morgan fingerprint density at radius 2 is 0.971 bits per heavy atom. The Balaban J connectivity index is 0.000000314. The smallest absolute Gasteiger partial charge is 0.378 e. The molecule has 2 aromatic rings. The van der Waals surface area contributed by atoms with Crippen molar-refractivity contribution < 1.29 is 22.2 Å². The summed E-state index contributed by atoms with van der Waals surface area (Å²) in [6.45, 7) is 17.8. The molecule has 4 heteroatoms. The van der Waals surface area contributed by atoms with Crippen molar-refractivity contribution in [3.8, 4) is 0 Å². The summed E-state index contributed by atoms with van der Waals surface area (Å²) in [5.41, 5.74) is 1.58. The van der Waals surface area contributed by atoms with Crippen molar-refractivity contribution in [3.63, 3.8) is 0 Å². The van der Waals surface area contributed by atoms with Crippen LogP contribution in [0.3, 0.4) is 0 Å². The maximum Gasteiger partial charge on any atom is 2.00 e. The summed E-state index contributed by atoms with van der Waals surface area (Å²) in [4.78, 5) is 0. The molecule has 1 aliphatic carbocycles. The largest absolute Gasteiger partial charge is 2.00 e. The van der Waals surface area contributed by atoms with Gasteiger partial charge in [0.05, 0.1) is 8.07 Å². The summed E-state index contributed by atoms with van der Waals surface area (Å²) < 4.78 is 0. The van der Waals surface area contributed by atoms with Crippen molar-refractivity contribution in [1.29, 1.82) is 0 Å². The Labute approximate surface area is 220 Å². The number of hydrogen-bond acceptors (Lipinski definition) is 1. The van der Waals surface area contributed by atoms with Crippen molar-refractivity contribution in [2.24, 2.45) is 0 Å². The van der Waals surface area contributed by atoms with Gasteiger partial charge in [0.1, 0.15) is 11.6 Å². The normalized spacial score (nSPS) is 20.3. The summed E-state index contributed by atoms with van der Waals surface area (Å²) in [6.07, 6.45) is 4.03. The van der Waals surface area contributed by atoms with Crippen LogP contribution in [0.25, 0.3) is 0 Å². The predicted octanol–water partition coefficient (Wildman–Crippen LogP) is 6.86. The molecule has 10 radical (unpaired) electrons. The molecule has 0 unspecified atom stereocenters. The van der Waals surface area contributed by atoms with E-state index in [-0.39, 0.29) is 17.1 Å². The molecule has 0 atom stereocenters. The third-order valence-electron chi connectivity index (χ3n) is 6.97. The van der Waals surface area contributed by atoms with Crippen LogP contribution in [0.1, 0.15) is 45.7 Å². The molecule has 1 heterocycles. The number of rotatable bonds is 4. The molecule has 1 saturated heterocycles. The number of hydrogen-bond donors (Lipinski definition) is 1. The van der Waals surface area contributed by atoms with Gasteiger partial charge < -0.3 is 5.11 Å².